The average molecular weight is 328 g/mol. The van der Waals surface area contributed by atoms with Crippen molar-refractivity contribution in [3.05, 3.63) is 30.1 Å². The molecule has 0 aliphatic heterocycles. The van der Waals surface area contributed by atoms with Gasteiger partial charge in [0, 0.05) is 11.7 Å². The second-order valence-corrected chi connectivity index (χ2v) is 6.54. The quantitative estimate of drug-likeness (QED) is 0.878. The van der Waals surface area contributed by atoms with Crippen LogP contribution in [0.25, 0.3) is 5.69 Å². The van der Waals surface area contributed by atoms with Gasteiger partial charge in [0.1, 0.15) is 6.33 Å². The monoisotopic (exact) mass is 328 g/mol. The normalized spacial score (nSPS) is 20.6. The number of tetrazole rings is 1. The summed E-state index contributed by atoms with van der Waals surface area (Å²) in [5, 5.41) is 17.5. The maximum absolute atomic E-state index is 12.2. The van der Waals surface area contributed by atoms with Gasteiger partial charge in [-0.25, -0.2) is 4.68 Å². The van der Waals surface area contributed by atoms with Crippen LogP contribution in [0.5, 0.6) is 0 Å². The Morgan fingerprint density at radius 3 is 2.88 bits per heavy atom. The molecule has 1 aliphatic carbocycles. The highest BCUT2D eigenvalue weighted by Crippen LogP contribution is 2.23. The zero-order valence-electron chi connectivity index (χ0n) is 14.2. The van der Waals surface area contributed by atoms with Gasteiger partial charge in [-0.05, 0) is 59.9 Å². The summed E-state index contributed by atoms with van der Waals surface area (Å²) >= 11 is 0. The molecule has 1 aliphatic rings. The SMILES string of the molecule is Cc1cc(NCC(=O)N[C@@H]2CCCC[C@@H]2C)ccc1-n1cnnn1. The van der Waals surface area contributed by atoms with Crippen molar-refractivity contribution in [3.8, 4) is 5.69 Å². The molecular weight excluding hydrogens is 304 g/mol. The van der Waals surface area contributed by atoms with E-state index in [1.165, 1.54) is 19.3 Å². The second-order valence-electron chi connectivity index (χ2n) is 6.54. The molecule has 2 N–H and O–H groups in total. The standard InChI is InChI=1S/C17H24N6O/c1-12-5-3-4-6-15(12)20-17(24)10-18-14-7-8-16(13(2)9-14)23-11-19-21-22-23/h7-9,11-12,15,18H,3-6,10H2,1-2H3,(H,20,24)/t12-,15+/m0/s1. The van der Waals surface area contributed by atoms with Crippen molar-refractivity contribution in [1.29, 1.82) is 0 Å². The lowest BCUT2D eigenvalue weighted by molar-refractivity contribution is -0.120. The smallest absolute Gasteiger partial charge is 0.239 e. The first kappa shape index (κ1) is 16.4. The Morgan fingerprint density at radius 1 is 1.33 bits per heavy atom. The van der Waals surface area contributed by atoms with Gasteiger partial charge in [-0.3, -0.25) is 4.79 Å². The number of rotatable bonds is 5. The molecule has 7 nitrogen and oxygen atoms in total. The number of anilines is 1. The van der Waals surface area contributed by atoms with E-state index in [-0.39, 0.29) is 12.5 Å². The Labute approximate surface area is 141 Å². The minimum atomic E-state index is 0.0518. The molecule has 0 unspecified atom stereocenters. The molecule has 1 fully saturated rings. The van der Waals surface area contributed by atoms with Crippen molar-refractivity contribution >= 4 is 11.6 Å². The third-order valence-electron chi connectivity index (χ3n) is 4.70. The van der Waals surface area contributed by atoms with Crippen molar-refractivity contribution in [2.24, 2.45) is 5.92 Å². The van der Waals surface area contributed by atoms with E-state index >= 15 is 0 Å². The van der Waals surface area contributed by atoms with E-state index in [0.29, 0.717) is 12.0 Å². The molecule has 2 atom stereocenters. The van der Waals surface area contributed by atoms with Gasteiger partial charge in [0.2, 0.25) is 5.91 Å². The molecule has 1 saturated carbocycles. The number of aryl methyl sites for hydroxylation is 1. The Morgan fingerprint density at radius 2 is 2.17 bits per heavy atom. The lowest BCUT2D eigenvalue weighted by atomic mass is 9.86. The lowest BCUT2D eigenvalue weighted by Gasteiger charge is -2.29. The maximum atomic E-state index is 12.2. The zero-order chi connectivity index (χ0) is 16.9. The van der Waals surface area contributed by atoms with E-state index in [0.717, 1.165) is 23.4 Å². The Balaban J connectivity index is 1.54. The molecule has 1 amide bonds. The average Bonchev–Trinajstić information content (AvgIpc) is 3.09. The third kappa shape index (κ3) is 3.90. The van der Waals surface area contributed by atoms with E-state index in [4.69, 9.17) is 0 Å². The molecule has 128 valence electrons. The number of carbonyl (C=O) groups excluding carboxylic acids is 1. The van der Waals surface area contributed by atoms with Gasteiger partial charge >= 0.3 is 0 Å². The summed E-state index contributed by atoms with van der Waals surface area (Å²) in [6.07, 6.45) is 6.34. The summed E-state index contributed by atoms with van der Waals surface area (Å²) in [4.78, 5) is 12.2. The van der Waals surface area contributed by atoms with Gasteiger partial charge in [0.15, 0.2) is 0 Å². The summed E-state index contributed by atoms with van der Waals surface area (Å²) in [5.74, 6) is 0.622. The molecule has 0 bridgehead atoms. The van der Waals surface area contributed by atoms with Gasteiger partial charge in [-0.15, -0.1) is 5.10 Å². The van der Waals surface area contributed by atoms with Gasteiger partial charge in [0.05, 0.1) is 12.2 Å². The minimum absolute atomic E-state index is 0.0518. The molecular formula is C17H24N6O. The van der Waals surface area contributed by atoms with Crippen LogP contribution in [0.4, 0.5) is 5.69 Å². The Hall–Kier alpha value is -2.44. The van der Waals surface area contributed by atoms with E-state index in [2.05, 4.69) is 33.1 Å². The highest BCUT2D eigenvalue weighted by molar-refractivity contribution is 5.81. The van der Waals surface area contributed by atoms with E-state index in [1.54, 1.807) is 11.0 Å². The van der Waals surface area contributed by atoms with Crippen LogP contribution in [-0.4, -0.2) is 38.7 Å². The first-order chi connectivity index (χ1) is 11.6. The number of hydrogen-bond donors (Lipinski definition) is 2. The van der Waals surface area contributed by atoms with Crippen LogP contribution >= 0.6 is 0 Å². The number of amides is 1. The van der Waals surface area contributed by atoms with Crippen LogP contribution in [0.3, 0.4) is 0 Å². The van der Waals surface area contributed by atoms with Crippen LogP contribution in [0.15, 0.2) is 24.5 Å². The first-order valence-corrected chi connectivity index (χ1v) is 8.51. The van der Waals surface area contributed by atoms with Gasteiger partial charge in [-0.1, -0.05) is 19.8 Å². The van der Waals surface area contributed by atoms with Crippen LogP contribution in [0.1, 0.15) is 38.2 Å². The Bertz CT molecular complexity index is 684. The largest absolute Gasteiger partial charge is 0.376 e. The van der Waals surface area contributed by atoms with Crippen molar-refractivity contribution in [3.63, 3.8) is 0 Å². The number of nitrogens with one attached hydrogen (secondary N) is 2. The number of benzene rings is 1. The molecule has 1 heterocycles. The molecule has 1 aromatic carbocycles. The topological polar surface area (TPSA) is 84.7 Å². The molecule has 2 aromatic rings. The predicted octanol–water partition coefficient (Wildman–Crippen LogP) is 2.08. The molecule has 0 spiro atoms. The maximum Gasteiger partial charge on any atom is 0.239 e. The summed E-state index contributed by atoms with van der Waals surface area (Å²) < 4.78 is 1.62. The molecule has 7 heteroatoms. The number of carbonyl (C=O) groups is 1. The number of nitrogens with zero attached hydrogens (tertiary/aromatic N) is 4. The first-order valence-electron chi connectivity index (χ1n) is 8.51. The zero-order valence-corrected chi connectivity index (χ0v) is 14.2. The summed E-state index contributed by atoms with van der Waals surface area (Å²) in [7, 11) is 0. The summed E-state index contributed by atoms with van der Waals surface area (Å²) in [6.45, 7) is 4.50. The fraction of sp³-hybridized carbons (Fsp3) is 0.529. The van der Waals surface area contributed by atoms with Crippen molar-refractivity contribution in [1.82, 2.24) is 25.5 Å². The predicted molar refractivity (Wildman–Crippen MR) is 91.9 cm³/mol. The van der Waals surface area contributed by atoms with Crippen LogP contribution in [-0.2, 0) is 4.79 Å². The lowest BCUT2D eigenvalue weighted by Crippen LogP contribution is -2.43. The van der Waals surface area contributed by atoms with E-state index in [1.807, 2.05) is 25.1 Å². The van der Waals surface area contributed by atoms with Crippen LogP contribution in [0.2, 0.25) is 0 Å². The highest BCUT2D eigenvalue weighted by Gasteiger charge is 2.22. The summed E-state index contributed by atoms with van der Waals surface area (Å²) in [6, 6.07) is 6.18. The van der Waals surface area contributed by atoms with Gasteiger partial charge in [-0.2, -0.15) is 0 Å². The number of aromatic nitrogens is 4. The fourth-order valence-electron chi connectivity index (χ4n) is 3.26. The molecule has 0 radical (unpaired) electrons. The van der Waals surface area contributed by atoms with E-state index < -0.39 is 0 Å². The molecule has 3 rings (SSSR count). The highest BCUT2D eigenvalue weighted by atomic mass is 16.2. The van der Waals surface area contributed by atoms with Gasteiger partial charge in [0.25, 0.3) is 0 Å². The minimum Gasteiger partial charge on any atom is -0.376 e. The molecule has 24 heavy (non-hydrogen) atoms. The van der Waals surface area contributed by atoms with Crippen LogP contribution in [0, 0.1) is 12.8 Å². The van der Waals surface area contributed by atoms with Crippen LogP contribution < -0.4 is 10.6 Å². The third-order valence-corrected chi connectivity index (χ3v) is 4.70. The van der Waals surface area contributed by atoms with Crippen molar-refractivity contribution in [2.75, 3.05) is 11.9 Å². The van der Waals surface area contributed by atoms with Crippen molar-refractivity contribution < 1.29 is 4.79 Å². The second kappa shape index (κ2) is 7.42. The molecule has 0 saturated heterocycles. The number of hydrogen-bond acceptors (Lipinski definition) is 5. The summed E-state index contributed by atoms with van der Waals surface area (Å²) in [5.41, 5.74) is 2.87. The van der Waals surface area contributed by atoms with Gasteiger partial charge < -0.3 is 10.6 Å². The Kier molecular flexibility index (Phi) is 5.08. The van der Waals surface area contributed by atoms with E-state index in [9.17, 15) is 4.79 Å². The molecule has 1 aromatic heterocycles. The fourth-order valence-corrected chi connectivity index (χ4v) is 3.26. The van der Waals surface area contributed by atoms with Crippen molar-refractivity contribution in [2.45, 2.75) is 45.6 Å².